The van der Waals surface area contributed by atoms with E-state index in [1.807, 2.05) is 0 Å². The van der Waals surface area contributed by atoms with E-state index in [4.69, 9.17) is 15.2 Å². The number of fused-ring (bicyclic) bond motifs is 1. The van der Waals surface area contributed by atoms with Gasteiger partial charge in [-0.05, 0) is 18.2 Å². The van der Waals surface area contributed by atoms with Crippen LogP contribution in [0.25, 0.3) is 0 Å². The van der Waals surface area contributed by atoms with Crippen molar-refractivity contribution in [3.05, 3.63) is 53.4 Å². The number of nitrogens with two attached hydrogens (primary N) is 1. The molecule has 0 saturated carbocycles. The highest BCUT2D eigenvalue weighted by Crippen LogP contribution is 2.48. The molecule has 2 aromatic rings. The zero-order chi connectivity index (χ0) is 24.7. The van der Waals surface area contributed by atoms with Gasteiger partial charge in [0.15, 0.2) is 29.3 Å². The Morgan fingerprint density at radius 1 is 1.17 bits per heavy atom. The molecule has 4 rings (SSSR count). The van der Waals surface area contributed by atoms with Crippen LogP contribution in [-0.4, -0.2) is 55.2 Å². The van der Waals surface area contributed by atoms with Crippen molar-refractivity contribution in [3.8, 4) is 5.75 Å². The highest BCUT2D eigenvalue weighted by atomic mass is 35.5. The summed E-state index contributed by atoms with van der Waals surface area (Å²) in [4.78, 5) is 19.9. The number of hydrogen-bond donors (Lipinski definition) is 2. The lowest BCUT2D eigenvalue weighted by Gasteiger charge is -2.38. The predicted molar refractivity (Wildman–Crippen MR) is 111 cm³/mol. The van der Waals surface area contributed by atoms with Crippen LogP contribution in [0.2, 0.25) is 0 Å². The minimum Gasteiger partial charge on any atom is -0.482 e. The Labute approximate surface area is 199 Å². The summed E-state index contributed by atoms with van der Waals surface area (Å²) in [5.74, 6) is -3.75. The van der Waals surface area contributed by atoms with Crippen LogP contribution < -0.4 is 15.8 Å². The van der Waals surface area contributed by atoms with E-state index >= 15 is 4.39 Å². The van der Waals surface area contributed by atoms with Crippen molar-refractivity contribution in [2.45, 2.75) is 17.4 Å². The van der Waals surface area contributed by atoms with Gasteiger partial charge in [0.1, 0.15) is 18.2 Å². The molecule has 3 heterocycles. The van der Waals surface area contributed by atoms with Crippen molar-refractivity contribution in [2.24, 2.45) is 10.7 Å². The number of hydrogen-bond acceptors (Lipinski definition) is 7. The van der Waals surface area contributed by atoms with Crippen LogP contribution in [0.4, 0.5) is 32.0 Å². The summed E-state index contributed by atoms with van der Waals surface area (Å²) in [5, 5.41) is 2.28. The molecule has 1 aromatic heterocycles. The van der Waals surface area contributed by atoms with E-state index in [1.165, 1.54) is 0 Å². The summed E-state index contributed by atoms with van der Waals surface area (Å²) in [6, 6.07) is 3.37. The Kier molecular flexibility index (Phi) is 7.09. The number of aromatic nitrogens is 1. The number of pyridine rings is 1. The SMILES string of the molecule is Cl.NC1=N[C@@]2(c3cc(NC(=O)c4ncc(OCC(F)(F)F)cc4F)ccc3F)COC[C@@]2(F)CO1. The van der Waals surface area contributed by atoms with Crippen LogP contribution in [-0.2, 0) is 15.0 Å². The Bertz CT molecular complexity index is 1170. The average Bonchev–Trinajstić information content (AvgIpc) is 3.10. The monoisotopic (exact) mass is 526 g/mol. The fraction of sp³-hybridized carbons (Fsp3) is 0.350. The van der Waals surface area contributed by atoms with E-state index in [2.05, 4.69) is 20.0 Å². The van der Waals surface area contributed by atoms with Gasteiger partial charge in [-0.2, -0.15) is 13.2 Å². The minimum atomic E-state index is -4.65. The smallest absolute Gasteiger partial charge is 0.422 e. The number of anilines is 1. The third-order valence-electron chi connectivity index (χ3n) is 5.24. The maximum Gasteiger partial charge on any atom is 0.422 e. The minimum absolute atomic E-state index is 0. The second-order valence-corrected chi connectivity index (χ2v) is 7.61. The molecule has 8 nitrogen and oxygen atoms in total. The maximum absolute atomic E-state index is 15.5. The van der Waals surface area contributed by atoms with Crippen molar-refractivity contribution in [1.82, 2.24) is 4.98 Å². The average molecular weight is 527 g/mol. The fourth-order valence-electron chi connectivity index (χ4n) is 3.63. The lowest BCUT2D eigenvalue weighted by atomic mass is 9.78. The van der Waals surface area contributed by atoms with Crippen LogP contribution in [0.1, 0.15) is 16.1 Å². The number of nitrogens with zero attached hydrogens (tertiary/aromatic N) is 2. The number of carbonyl (C=O) groups is 1. The van der Waals surface area contributed by atoms with Gasteiger partial charge in [0, 0.05) is 17.3 Å². The van der Waals surface area contributed by atoms with E-state index in [9.17, 15) is 26.7 Å². The first-order chi connectivity index (χ1) is 15.9. The van der Waals surface area contributed by atoms with Gasteiger partial charge in [-0.15, -0.1) is 12.4 Å². The molecular formula is C20H17ClF6N4O4. The highest BCUT2D eigenvalue weighted by Gasteiger charge is 2.62. The van der Waals surface area contributed by atoms with Crippen LogP contribution in [0.15, 0.2) is 35.5 Å². The number of halogens is 7. The van der Waals surface area contributed by atoms with E-state index in [0.29, 0.717) is 6.07 Å². The molecule has 190 valence electrons. The van der Waals surface area contributed by atoms with Gasteiger partial charge in [-0.1, -0.05) is 0 Å². The third kappa shape index (κ3) is 5.07. The molecule has 2 aliphatic heterocycles. The molecule has 1 amide bonds. The molecule has 35 heavy (non-hydrogen) atoms. The number of benzene rings is 1. The maximum atomic E-state index is 15.5. The van der Waals surface area contributed by atoms with Gasteiger partial charge in [0.2, 0.25) is 0 Å². The van der Waals surface area contributed by atoms with Gasteiger partial charge in [-0.3, -0.25) is 4.79 Å². The first-order valence-electron chi connectivity index (χ1n) is 9.64. The number of alkyl halides is 4. The number of ether oxygens (including phenoxy) is 3. The summed E-state index contributed by atoms with van der Waals surface area (Å²) < 4.78 is 95.8. The quantitative estimate of drug-likeness (QED) is 0.579. The van der Waals surface area contributed by atoms with Gasteiger partial charge >= 0.3 is 6.18 Å². The summed E-state index contributed by atoms with van der Waals surface area (Å²) >= 11 is 0. The van der Waals surface area contributed by atoms with Crippen LogP contribution >= 0.6 is 12.4 Å². The zero-order valence-electron chi connectivity index (χ0n) is 17.5. The molecule has 2 aliphatic rings. The third-order valence-corrected chi connectivity index (χ3v) is 5.24. The largest absolute Gasteiger partial charge is 0.482 e. The topological polar surface area (TPSA) is 108 Å². The number of aliphatic imine (C=N–C) groups is 1. The van der Waals surface area contributed by atoms with E-state index in [-0.39, 0.29) is 36.3 Å². The Balaban J connectivity index is 0.00000342. The van der Waals surface area contributed by atoms with E-state index < -0.39 is 66.2 Å². The molecule has 1 saturated heterocycles. The van der Waals surface area contributed by atoms with Crippen LogP contribution in [0.5, 0.6) is 5.75 Å². The van der Waals surface area contributed by atoms with E-state index in [0.717, 1.165) is 24.4 Å². The molecule has 2 atom stereocenters. The number of carbonyl (C=O) groups excluding carboxylic acids is 1. The normalized spacial score (nSPS) is 23.4. The molecular weight excluding hydrogens is 510 g/mol. The number of nitrogens with one attached hydrogen (secondary N) is 1. The van der Waals surface area contributed by atoms with Crippen molar-refractivity contribution >= 4 is 30.0 Å². The molecule has 0 bridgehead atoms. The molecule has 15 heteroatoms. The second-order valence-electron chi connectivity index (χ2n) is 7.61. The molecule has 0 unspecified atom stereocenters. The van der Waals surface area contributed by atoms with Crippen LogP contribution in [0, 0.1) is 11.6 Å². The molecule has 0 spiro atoms. The van der Waals surface area contributed by atoms with E-state index in [1.54, 1.807) is 0 Å². The molecule has 0 radical (unpaired) electrons. The molecule has 3 N–H and O–H groups in total. The van der Waals surface area contributed by atoms with Crippen molar-refractivity contribution in [2.75, 3.05) is 31.7 Å². The molecule has 1 fully saturated rings. The van der Waals surface area contributed by atoms with Crippen LogP contribution in [0.3, 0.4) is 0 Å². The summed E-state index contributed by atoms with van der Waals surface area (Å²) in [5.41, 5.74) is 0.365. The molecule has 1 aromatic carbocycles. The van der Waals surface area contributed by atoms with Gasteiger partial charge in [-0.25, -0.2) is 23.1 Å². The number of amidine groups is 1. The zero-order valence-corrected chi connectivity index (χ0v) is 18.3. The highest BCUT2D eigenvalue weighted by molar-refractivity contribution is 6.03. The van der Waals surface area contributed by atoms with Crippen molar-refractivity contribution < 1.29 is 45.3 Å². The summed E-state index contributed by atoms with van der Waals surface area (Å²) in [6.45, 7) is -2.98. The first-order valence-corrected chi connectivity index (χ1v) is 9.64. The number of rotatable bonds is 5. The Morgan fingerprint density at radius 2 is 1.91 bits per heavy atom. The van der Waals surface area contributed by atoms with Gasteiger partial charge in [0.25, 0.3) is 11.9 Å². The first kappa shape index (κ1) is 26.3. The number of amides is 1. The summed E-state index contributed by atoms with van der Waals surface area (Å²) in [7, 11) is 0. The van der Waals surface area contributed by atoms with Crippen molar-refractivity contribution in [3.63, 3.8) is 0 Å². The van der Waals surface area contributed by atoms with Crippen molar-refractivity contribution in [1.29, 1.82) is 0 Å². The lowest BCUT2D eigenvalue weighted by molar-refractivity contribution is -0.153. The fourth-order valence-corrected chi connectivity index (χ4v) is 3.63. The standard InChI is InChI=1S/C20H16F6N4O4.ClH/c21-13-2-1-10(3-12(13)19-8-32-6-18(19,23)7-34-17(27)30-19)29-16(31)15-14(22)4-11(5-28-15)33-9-20(24,25)26;/h1-5H,6-9H2,(H2,27,30)(H,29,31);1H/t18-,19-;/m1./s1. The summed E-state index contributed by atoms with van der Waals surface area (Å²) in [6.07, 6.45) is -3.90. The molecule has 0 aliphatic carbocycles. The second kappa shape index (κ2) is 9.41. The van der Waals surface area contributed by atoms with Gasteiger partial charge < -0.3 is 25.3 Å². The van der Waals surface area contributed by atoms with Gasteiger partial charge in [0.05, 0.1) is 19.4 Å². The lowest BCUT2D eigenvalue weighted by Crippen LogP contribution is -2.55. The Morgan fingerprint density at radius 3 is 2.60 bits per heavy atom. The Hall–Kier alpha value is -3.26. The predicted octanol–water partition coefficient (Wildman–Crippen LogP) is 3.25.